The van der Waals surface area contributed by atoms with Gasteiger partial charge in [0, 0.05) is 30.5 Å². The van der Waals surface area contributed by atoms with E-state index < -0.39 is 18.0 Å². The molecule has 7 heteroatoms. The van der Waals surface area contributed by atoms with Gasteiger partial charge >= 0.3 is 5.97 Å². The van der Waals surface area contributed by atoms with Gasteiger partial charge in [0.15, 0.2) is 6.10 Å². The van der Waals surface area contributed by atoms with E-state index in [1.54, 1.807) is 36.4 Å². The molecule has 0 aliphatic rings. The van der Waals surface area contributed by atoms with Crippen molar-refractivity contribution >= 4 is 40.9 Å². The van der Waals surface area contributed by atoms with Gasteiger partial charge in [0.2, 0.25) is 0 Å². The summed E-state index contributed by atoms with van der Waals surface area (Å²) in [6.45, 7) is 1.43. The zero-order chi connectivity index (χ0) is 20.7. The minimum absolute atomic E-state index is 0.191. The molecule has 0 fully saturated rings. The second kappa shape index (κ2) is 9.58. The van der Waals surface area contributed by atoms with Gasteiger partial charge in [-0.05, 0) is 55.0 Å². The molecule has 0 aliphatic carbocycles. The number of nitrogens with zero attached hydrogens (tertiary/aromatic N) is 2. The van der Waals surface area contributed by atoms with Gasteiger partial charge in [0.25, 0.3) is 5.91 Å². The van der Waals surface area contributed by atoms with Crippen LogP contribution in [0.4, 0.5) is 11.4 Å². The van der Waals surface area contributed by atoms with Gasteiger partial charge in [0.05, 0.1) is 0 Å². The maximum Gasteiger partial charge on any atom is 0.349 e. The second-order valence-electron chi connectivity index (χ2n) is 6.20. The van der Waals surface area contributed by atoms with Crippen LogP contribution in [0.15, 0.2) is 54.1 Å². The smallest absolute Gasteiger partial charge is 0.349 e. The number of ether oxygens (including phenoxy) is 1. The van der Waals surface area contributed by atoms with Crippen LogP contribution in [0, 0.1) is 11.3 Å². The lowest BCUT2D eigenvalue weighted by Gasteiger charge is -2.13. The van der Waals surface area contributed by atoms with E-state index in [1.807, 2.05) is 37.2 Å². The maximum absolute atomic E-state index is 12.2. The van der Waals surface area contributed by atoms with Crippen molar-refractivity contribution in [2.75, 3.05) is 24.3 Å². The summed E-state index contributed by atoms with van der Waals surface area (Å²) in [7, 11) is 3.83. The Morgan fingerprint density at radius 3 is 2.29 bits per heavy atom. The van der Waals surface area contributed by atoms with Crippen molar-refractivity contribution in [3.63, 3.8) is 0 Å². The van der Waals surface area contributed by atoms with Crippen LogP contribution in [0.1, 0.15) is 12.5 Å². The Morgan fingerprint density at radius 1 is 1.14 bits per heavy atom. The third kappa shape index (κ3) is 5.86. The fourth-order valence-electron chi connectivity index (χ4n) is 2.23. The van der Waals surface area contributed by atoms with Crippen molar-refractivity contribution in [1.29, 1.82) is 5.26 Å². The van der Waals surface area contributed by atoms with E-state index >= 15 is 0 Å². The van der Waals surface area contributed by atoms with E-state index in [-0.39, 0.29) is 5.57 Å². The molecule has 0 spiro atoms. The van der Waals surface area contributed by atoms with Crippen LogP contribution in [0.3, 0.4) is 0 Å². The Balaban J connectivity index is 2.02. The first-order valence-electron chi connectivity index (χ1n) is 8.46. The van der Waals surface area contributed by atoms with Crippen LogP contribution < -0.4 is 10.2 Å². The second-order valence-corrected chi connectivity index (χ2v) is 6.64. The molecule has 2 aromatic carbocycles. The highest BCUT2D eigenvalue weighted by Gasteiger charge is 2.20. The van der Waals surface area contributed by atoms with E-state index in [9.17, 15) is 14.9 Å². The fraction of sp³-hybridized carbons (Fsp3) is 0.190. The van der Waals surface area contributed by atoms with Gasteiger partial charge in [-0.25, -0.2) is 4.79 Å². The van der Waals surface area contributed by atoms with Crippen LogP contribution in [0.5, 0.6) is 0 Å². The number of benzene rings is 2. The summed E-state index contributed by atoms with van der Waals surface area (Å²) in [5.41, 5.74) is 2.00. The minimum Gasteiger partial charge on any atom is -0.448 e. The number of nitrogens with one attached hydrogen (secondary N) is 1. The Bertz CT molecular complexity index is 913. The summed E-state index contributed by atoms with van der Waals surface area (Å²) >= 11 is 5.80. The van der Waals surface area contributed by atoms with Crippen LogP contribution in [-0.2, 0) is 14.3 Å². The Hall–Kier alpha value is -3.30. The molecule has 2 aromatic rings. The Labute approximate surface area is 169 Å². The number of esters is 1. The number of rotatable bonds is 6. The highest BCUT2D eigenvalue weighted by molar-refractivity contribution is 6.30. The average molecular weight is 398 g/mol. The SMILES string of the molecule is C[C@@H](OC(=O)/C(C#N)=C/c1ccc(N(C)C)cc1)C(=O)Nc1ccc(Cl)cc1. The number of anilines is 2. The van der Waals surface area contributed by atoms with Gasteiger partial charge in [-0.2, -0.15) is 5.26 Å². The monoisotopic (exact) mass is 397 g/mol. The molecule has 0 bridgehead atoms. The zero-order valence-corrected chi connectivity index (χ0v) is 16.5. The third-order valence-corrected chi connectivity index (χ3v) is 4.08. The molecule has 0 heterocycles. The number of carbonyl (C=O) groups excluding carboxylic acids is 2. The minimum atomic E-state index is -1.07. The van der Waals surface area contributed by atoms with Crippen LogP contribution in [0.2, 0.25) is 5.02 Å². The molecule has 1 atom stereocenters. The number of amides is 1. The van der Waals surface area contributed by atoms with Gasteiger partial charge in [-0.15, -0.1) is 0 Å². The number of carbonyl (C=O) groups is 2. The largest absolute Gasteiger partial charge is 0.448 e. The normalized spacial score (nSPS) is 11.9. The summed E-state index contributed by atoms with van der Waals surface area (Å²) in [4.78, 5) is 26.4. The van der Waals surface area contributed by atoms with Crippen molar-refractivity contribution < 1.29 is 14.3 Å². The highest BCUT2D eigenvalue weighted by atomic mass is 35.5. The van der Waals surface area contributed by atoms with Gasteiger partial charge in [-0.3, -0.25) is 4.79 Å². The number of hydrogen-bond acceptors (Lipinski definition) is 5. The first-order chi connectivity index (χ1) is 13.3. The lowest BCUT2D eigenvalue weighted by atomic mass is 10.1. The molecule has 0 saturated heterocycles. The van der Waals surface area contributed by atoms with E-state index in [0.29, 0.717) is 16.3 Å². The van der Waals surface area contributed by atoms with Crippen molar-refractivity contribution in [2.45, 2.75) is 13.0 Å². The van der Waals surface area contributed by atoms with E-state index in [2.05, 4.69) is 5.32 Å². The highest BCUT2D eigenvalue weighted by Crippen LogP contribution is 2.16. The molecule has 0 saturated carbocycles. The number of hydrogen-bond donors (Lipinski definition) is 1. The standard InChI is InChI=1S/C21H20ClN3O3/c1-14(20(26)24-18-8-6-17(22)7-9-18)28-21(27)16(13-23)12-15-4-10-19(11-5-15)25(2)3/h4-12,14H,1-3H3,(H,24,26)/b16-12+/t14-/m1/s1. The average Bonchev–Trinajstić information content (AvgIpc) is 2.68. The van der Waals surface area contributed by atoms with Crippen molar-refractivity contribution in [2.24, 2.45) is 0 Å². The molecule has 144 valence electrons. The molecule has 6 nitrogen and oxygen atoms in total. The molecule has 0 aromatic heterocycles. The predicted octanol–water partition coefficient (Wildman–Crippen LogP) is 3.88. The fourth-order valence-corrected chi connectivity index (χ4v) is 2.35. The third-order valence-electron chi connectivity index (χ3n) is 3.83. The van der Waals surface area contributed by atoms with Gasteiger partial charge in [-0.1, -0.05) is 23.7 Å². The van der Waals surface area contributed by atoms with E-state index in [0.717, 1.165) is 5.69 Å². The summed E-state index contributed by atoms with van der Waals surface area (Å²) < 4.78 is 5.12. The lowest BCUT2D eigenvalue weighted by Crippen LogP contribution is -2.30. The van der Waals surface area contributed by atoms with E-state index in [1.165, 1.54) is 13.0 Å². The molecule has 0 aliphatic heterocycles. The molecule has 28 heavy (non-hydrogen) atoms. The summed E-state index contributed by atoms with van der Waals surface area (Å²) in [6, 6.07) is 15.7. The van der Waals surface area contributed by atoms with Crippen molar-refractivity contribution in [3.05, 3.63) is 64.7 Å². The molecular weight excluding hydrogens is 378 g/mol. The molecule has 1 N–H and O–H groups in total. The molecule has 2 rings (SSSR count). The van der Waals surface area contributed by atoms with Crippen molar-refractivity contribution in [3.8, 4) is 6.07 Å². The first kappa shape index (κ1) is 21.0. The van der Waals surface area contributed by atoms with Crippen LogP contribution in [-0.4, -0.2) is 32.1 Å². The molecule has 0 unspecified atom stereocenters. The predicted molar refractivity (Wildman–Crippen MR) is 110 cm³/mol. The Kier molecular flexibility index (Phi) is 7.19. The van der Waals surface area contributed by atoms with Crippen LogP contribution >= 0.6 is 11.6 Å². The quantitative estimate of drug-likeness (QED) is 0.454. The molecular formula is C21H20ClN3O3. The molecule has 1 amide bonds. The van der Waals surface area contributed by atoms with Gasteiger partial charge in [0.1, 0.15) is 11.6 Å². The molecule has 0 radical (unpaired) electrons. The number of halogens is 1. The summed E-state index contributed by atoms with van der Waals surface area (Å²) in [5.74, 6) is -1.37. The van der Waals surface area contributed by atoms with Gasteiger partial charge < -0.3 is 15.0 Å². The zero-order valence-electron chi connectivity index (χ0n) is 15.8. The lowest BCUT2D eigenvalue weighted by molar-refractivity contribution is -0.148. The number of nitriles is 1. The topological polar surface area (TPSA) is 82.4 Å². The Morgan fingerprint density at radius 2 is 1.75 bits per heavy atom. The van der Waals surface area contributed by atoms with Crippen LogP contribution in [0.25, 0.3) is 6.08 Å². The summed E-state index contributed by atoms with van der Waals surface area (Å²) in [5, 5.41) is 12.4. The summed E-state index contributed by atoms with van der Waals surface area (Å²) in [6.07, 6.45) is 0.349. The maximum atomic E-state index is 12.2. The van der Waals surface area contributed by atoms with E-state index in [4.69, 9.17) is 16.3 Å². The van der Waals surface area contributed by atoms with Crippen molar-refractivity contribution in [1.82, 2.24) is 0 Å². The first-order valence-corrected chi connectivity index (χ1v) is 8.84.